The van der Waals surface area contributed by atoms with E-state index in [4.69, 9.17) is 14.7 Å². The summed E-state index contributed by atoms with van der Waals surface area (Å²) in [5.74, 6) is 0.739. The van der Waals surface area contributed by atoms with Crippen molar-refractivity contribution in [1.29, 1.82) is 0 Å². The Bertz CT molecular complexity index is 1750. The zero-order valence-corrected chi connectivity index (χ0v) is 19.3. The number of nitrogens with one attached hydrogen (secondary N) is 1. The Morgan fingerprint density at radius 3 is 1.91 bits per heavy atom. The number of ether oxygens (including phenoxy) is 1. The lowest BCUT2D eigenvalue weighted by Gasteiger charge is -2.18. The van der Waals surface area contributed by atoms with Gasteiger partial charge in [-0.1, -0.05) is 48.5 Å². The number of amides is 2. The number of rotatable bonds is 3. The fourth-order valence-corrected chi connectivity index (χ4v) is 4.49. The molecule has 0 aliphatic carbocycles. The van der Waals surface area contributed by atoms with Crippen molar-refractivity contribution in [2.45, 2.75) is 0 Å². The quantitative estimate of drug-likeness (QED) is 0.235. The van der Waals surface area contributed by atoms with Crippen LogP contribution in [0.3, 0.4) is 0 Å². The molecule has 170 valence electrons. The fourth-order valence-electron chi connectivity index (χ4n) is 4.49. The van der Waals surface area contributed by atoms with Gasteiger partial charge in [0.05, 0.1) is 29.2 Å². The van der Waals surface area contributed by atoms with Crippen molar-refractivity contribution in [1.82, 2.24) is 9.97 Å². The van der Waals surface area contributed by atoms with E-state index in [1.165, 1.54) is 0 Å². The van der Waals surface area contributed by atoms with Gasteiger partial charge in [-0.25, -0.2) is 14.8 Å². The molecule has 6 rings (SSSR count). The van der Waals surface area contributed by atoms with Gasteiger partial charge < -0.3 is 10.1 Å². The van der Waals surface area contributed by atoms with Crippen LogP contribution < -0.4 is 15.0 Å². The zero-order chi connectivity index (χ0) is 23.9. The maximum Gasteiger partial charge on any atom is 0.326 e. The van der Waals surface area contributed by atoms with Crippen LogP contribution >= 0.6 is 0 Å². The number of methoxy groups -OCH3 is 1. The molecule has 35 heavy (non-hydrogen) atoms. The SMILES string of the molecule is COc1ccc(N(C)C(=O)Nc2ccc3nc4c5ccccc5c5ccccc5c4nc3c2)cc1. The summed E-state index contributed by atoms with van der Waals surface area (Å²) >= 11 is 0. The van der Waals surface area contributed by atoms with Gasteiger partial charge in [-0.15, -0.1) is 0 Å². The lowest BCUT2D eigenvalue weighted by atomic mass is 9.99. The topological polar surface area (TPSA) is 67.3 Å². The molecule has 1 heterocycles. The van der Waals surface area contributed by atoms with E-state index in [0.717, 1.165) is 55.0 Å². The minimum atomic E-state index is -0.250. The highest BCUT2D eigenvalue weighted by Crippen LogP contribution is 2.34. The van der Waals surface area contributed by atoms with Crippen molar-refractivity contribution >= 4 is 61.0 Å². The summed E-state index contributed by atoms with van der Waals surface area (Å²) in [6.07, 6.45) is 0. The van der Waals surface area contributed by atoms with E-state index in [9.17, 15) is 4.79 Å². The van der Waals surface area contributed by atoms with Gasteiger partial charge in [-0.05, 0) is 53.2 Å². The molecular weight excluding hydrogens is 436 g/mol. The molecule has 0 saturated carbocycles. The monoisotopic (exact) mass is 458 g/mol. The molecule has 6 nitrogen and oxygen atoms in total. The van der Waals surface area contributed by atoms with Crippen LogP contribution in [0.4, 0.5) is 16.2 Å². The summed E-state index contributed by atoms with van der Waals surface area (Å²) in [5.41, 5.74) is 4.64. The van der Waals surface area contributed by atoms with Crippen LogP contribution in [0.15, 0.2) is 91.0 Å². The van der Waals surface area contributed by atoms with E-state index < -0.39 is 0 Å². The number of hydrogen-bond acceptors (Lipinski definition) is 4. The molecule has 0 bridgehead atoms. The van der Waals surface area contributed by atoms with Gasteiger partial charge in [-0.3, -0.25) is 4.90 Å². The van der Waals surface area contributed by atoms with Crippen molar-refractivity contribution in [3.05, 3.63) is 91.0 Å². The minimum Gasteiger partial charge on any atom is -0.497 e. The van der Waals surface area contributed by atoms with E-state index in [1.807, 2.05) is 66.7 Å². The Morgan fingerprint density at radius 1 is 0.743 bits per heavy atom. The largest absolute Gasteiger partial charge is 0.497 e. The first-order chi connectivity index (χ1) is 17.1. The van der Waals surface area contributed by atoms with Crippen molar-refractivity contribution in [2.75, 3.05) is 24.4 Å². The number of benzene rings is 5. The van der Waals surface area contributed by atoms with Crippen molar-refractivity contribution in [3.8, 4) is 5.75 Å². The van der Waals surface area contributed by atoms with Crippen LogP contribution in [-0.4, -0.2) is 30.2 Å². The number of fused-ring (bicyclic) bond motifs is 7. The Kier molecular flexibility index (Phi) is 4.92. The first-order valence-corrected chi connectivity index (χ1v) is 11.3. The molecule has 0 atom stereocenters. The molecule has 2 amide bonds. The van der Waals surface area contributed by atoms with E-state index in [0.29, 0.717) is 5.69 Å². The fraction of sp³-hybridized carbons (Fsp3) is 0.0690. The van der Waals surface area contributed by atoms with Crippen LogP contribution in [0, 0.1) is 0 Å². The van der Waals surface area contributed by atoms with Crippen LogP contribution in [0.25, 0.3) is 43.6 Å². The second kappa shape index (κ2) is 8.25. The molecule has 0 aliphatic heterocycles. The summed E-state index contributed by atoms with van der Waals surface area (Å²) in [5, 5.41) is 7.41. The molecule has 0 fully saturated rings. The Balaban J connectivity index is 1.41. The number of hydrogen-bond donors (Lipinski definition) is 1. The zero-order valence-electron chi connectivity index (χ0n) is 19.3. The average molecular weight is 459 g/mol. The first-order valence-electron chi connectivity index (χ1n) is 11.3. The van der Waals surface area contributed by atoms with E-state index in [2.05, 4.69) is 29.6 Å². The highest BCUT2D eigenvalue weighted by molar-refractivity contribution is 6.23. The number of anilines is 2. The summed E-state index contributed by atoms with van der Waals surface area (Å²) in [4.78, 5) is 24.4. The molecule has 0 unspecified atom stereocenters. The predicted octanol–water partition coefficient (Wildman–Crippen LogP) is 6.77. The predicted molar refractivity (Wildman–Crippen MR) is 142 cm³/mol. The molecule has 1 N–H and O–H groups in total. The van der Waals surface area contributed by atoms with Gasteiger partial charge in [-0.2, -0.15) is 0 Å². The van der Waals surface area contributed by atoms with Crippen LogP contribution in [0.5, 0.6) is 5.75 Å². The number of nitrogens with zero attached hydrogens (tertiary/aromatic N) is 3. The third-order valence-electron chi connectivity index (χ3n) is 6.33. The number of urea groups is 1. The highest BCUT2D eigenvalue weighted by atomic mass is 16.5. The maximum absolute atomic E-state index is 12.9. The second-order valence-electron chi connectivity index (χ2n) is 8.40. The summed E-state index contributed by atoms with van der Waals surface area (Å²) in [7, 11) is 3.34. The Hall–Kier alpha value is -4.71. The van der Waals surface area contributed by atoms with Gasteiger partial charge >= 0.3 is 6.03 Å². The molecule has 0 aliphatic rings. The Morgan fingerprint density at radius 2 is 1.31 bits per heavy atom. The number of carbonyl (C=O) groups is 1. The van der Waals surface area contributed by atoms with Gasteiger partial charge in [0.15, 0.2) is 0 Å². The number of carbonyl (C=O) groups excluding carboxylic acids is 1. The van der Waals surface area contributed by atoms with Crippen molar-refractivity contribution in [3.63, 3.8) is 0 Å². The molecule has 0 spiro atoms. The van der Waals surface area contributed by atoms with Gasteiger partial charge in [0, 0.05) is 29.2 Å². The molecule has 0 saturated heterocycles. The first kappa shape index (κ1) is 20.9. The van der Waals surface area contributed by atoms with E-state index in [1.54, 1.807) is 19.1 Å². The Labute approximate surface area is 201 Å². The molecule has 1 aromatic heterocycles. The molecule has 6 aromatic rings. The maximum atomic E-state index is 12.9. The molecule has 6 heteroatoms. The van der Waals surface area contributed by atoms with Gasteiger partial charge in [0.1, 0.15) is 5.75 Å². The average Bonchev–Trinajstić information content (AvgIpc) is 2.92. The lowest BCUT2D eigenvalue weighted by Crippen LogP contribution is -2.31. The summed E-state index contributed by atoms with van der Waals surface area (Å²) in [6, 6.07) is 29.3. The summed E-state index contributed by atoms with van der Waals surface area (Å²) < 4.78 is 5.19. The second-order valence-corrected chi connectivity index (χ2v) is 8.40. The normalized spacial score (nSPS) is 11.3. The third-order valence-corrected chi connectivity index (χ3v) is 6.33. The van der Waals surface area contributed by atoms with Gasteiger partial charge in [0.25, 0.3) is 0 Å². The third kappa shape index (κ3) is 3.56. The van der Waals surface area contributed by atoms with Gasteiger partial charge in [0.2, 0.25) is 0 Å². The number of aromatic nitrogens is 2. The van der Waals surface area contributed by atoms with Crippen molar-refractivity contribution in [2.24, 2.45) is 0 Å². The van der Waals surface area contributed by atoms with Crippen LogP contribution in [-0.2, 0) is 0 Å². The smallest absolute Gasteiger partial charge is 0.326 e. The van der Waals surface area contributed by atoms with E-state index >= 15 is 0 Å². The highest BCUT2D eigenvalue weighted by Gasteiger charge is 2.14. The van der Waals surface area contributed by atoms with Crippen LogP contribution in [0.2, 0.25) is 0 Å². The van der Waals surface area contributed by atoms with E-state index in [-0.39, 0.29) is 6.03 Å². The molecular formula is C29H22N4O2. The molecule has 5 aromatic carbocycles. The standard InChI is InChI=1S/C29H22N4O2/c1-33(19-12-14-20(35-2)15-13-19)29(34)30-18-11-16-25-26(17-18)32-28-24-10-6-4-8-22(24)21-7-3-5-9-23(21)27(28)31-25/h3-17H,1-2H3,(H,30,34). The van der Waals surface area contributed by atoms with Crippen molar-refractivity contribution < 1.29 is 9.53 Å². The lowest BCUT2D eigenvalue weighted by molar-refractivity contribution is 0.258. The molecule has 0 radical (unpaired) electrons. The van der Waals surface area contributed by atoms with Crippen LogP contribution in [0.1, 0.15) is 0 Å². The summed E-state index contributed by atoms with van der Waals surface area (Å²) in [6.45, 7) is 0. The minimum absolute atomic E-state index is 0.250.